The first kappa shape index (κ1) is 24.7. The fourth-order valence-electron chi connectivity index (χ4n) is 5.89. The van der Waals surface area contributed by atoms with Gasteiger partial charge in [-0.3, -0.25) is 0 Å². The summed E-state index contributed by atoms with van der Waals surface area (Å²) < 4.78 is 11.1. The molecule has 2 aromatic rings. The van der Waals surface area contributed by atoms with Crippen molar-refractivity contribution in [3.63, 3.8) is 0 Å². The number of hydrogen-bond acceptors (Lipinski definition) is 4. The molecule has 1 N–H and O–H groups in total. The zero-order valence-corrected chi connectivity index (χ0v) is 21.7. The van der Waals surface area contributed by atoms with E-state index in [1.807, 2.05) is 56.3 Å². The zero-order chi connectivity index (χ0) is 24.2. The van der Waals surface area contributed by atoms with Gasteiger partial charge in [0.2, 0.25) is 0 Å². The van der Waals surface area contributed by atoms with Crippen LogP contribution >= 0.6 is 7.26 Å². The van der Waals surface area contributed by atoms with Crippen molar-refractivity contribution >= 4 is 24.8 Å². The number of amides is 1. The standard InChI is InChI=1S/C28H38NO4P/c1-21-17-24(32-3)18-22(2)26(21)29-27(31)28(13-14-28)34(15-9-4-5-10-16-34)20-25(30)33-19-23-11-7-6-8-12-23/h6-8,11-12,17-18,34H,4-5,9-10,13-16,19-20H2,1-3H3,(H,29,31). The van der Waals surface area contributed by atoms with E-state index >= 15 is 0 Å². The summed E-state index contributed by atoms with van der Waals surface area (Å²) in [5.41, 5.74) is 3.87. The Balaban J connectivity index is 1.54. The van der Waals surface area contributed by atoms with Crippen LogP contribution in [0.3, 0.4) is 0 Å². The second-order valence-corrected chi connectivity index (χ2v) is 15.1. The van der Waals surface area contributed by atoms with Gasteiger partial charge >= 0.3 is 204 Å². The Kier molecular flexibility index (Phi) is 7.62. The van der Waals surface area contributed by atoms with Gasteiger partial charge in [0.15, 0.2) is 0 Å². The maximum absolute atomic E-state index is 13.9. The zero-order valence-electron chi connectivity index (χ0n) is 20.7. The van der Waals surface area contributed by atoms with Crippen LogP contribution in [0.4, 0.5) is 5.69 Å². The molecule has 184 valence electrons. The van der Waals surface area contributed by atoms with E-state index in [-0.39, 0.29) is 17.0 Å². The number of rotatable bonds is 8. The average Bonchev–Trinajstić information content (AvgIpc) is 3.66. The van der Waals surface area contributed by atoms with E-state index in [1.54, 1.807) is 7.11 Å². The molecule has 0 bridgehead atoms. The van der Waals surface area contributed by atoms with E-state index in [9.17, 15) is 9.59 Å². The molecule has 5 nitrogen and oxygen atoms in total. The van der Waals surface area contributed by atoms with Crippen LogP contribution < -0.4 is 10.1 Å². The Hall–Kier alpha value is -2.39. The molecule has 34 heavy (non-hydrogen) atoms. The maximum atomic E-state index is 13.9. The molecular formula is C28H38NO4P. The van der Waals surface area contributed by atoms with Crippen LogP contribution in [-0.2, 0) is 20.9 Å². The number of hydrogen-bond donors (Lipinski definition) is 1. The number of benzene rings is 2. The van der Waals surface area contributed by atoms with E-state index in [1.165, 1.54) is 12.8 Å². The quantitative estimate of drug-likeness (QED) is 0.378. The second-order valence-electron chi connectivity index (χ2n) is 10.2. The second kappa shape index (κ2) is 10.5. The van der Waals surface area contributed by atoms with Crippen LogP contribution in [0, 0.1) is 13.8 Å². The van der Waals surface area contributed by atoms with Crippen LogP contribution in [0.25, 0.3) is 0 Å². The van der Waals surface area contributed by atoms with Crippen LogP contribution in [0.1, 0.15) is 55.2 Å². The molecule has 2 aromatic carbocycles. The van der Waals surface area contributed by atoms with Crippen LogP contribution in [-0.4, -0.2) is 42.6 Å². The predicted octanol–water partition coefficient (Wildman–Crippen LogP) is 5.85. The molecule has 6 heteroatoms. The van der Waals surface area contributed by atoms with E-state index in [2.05, 4.69) is 5.32 Å². The molecule has 1 heterocycles. The summed E-state index contributed by atoms with van der Waals surface area (Å²) in [6.45, 7) is 4.31. The summed E-state index contributed by atoms with van der Waals surface area (Å²) >= 11 is 0. The van der Waals surface area contributed by atoms with E-state index in [4.69, 9.17) is 9.47 Å². The van der Waals surface area contributed by atoms with Gasteiger partial charge < -0.3 is 0 Å². The first-order chi connectivity index (χ1) is 16.4. The molecule has 0 unspecified atom stereocenters. The first-order valence-electron chi connectivity index (χ1n) is 12.6. The third kappa shape index (κ3) is 5.15. The molecule has 2 aliphatic rings. The van der Waals surface area contributed by atoms with Gasteiger partial charge in [0.25, 0.3) is 0 Å². The van der Waals surface area contributed by atoms with Gasteiger partial charge in [-0.05, 0) is 0 Å². The summed E-state index contributed by atoms with van der Waals surface area (Å²) in [5, 5.41) is 2.94. The summed E-state index contributed by atoms with van der Waals surface area (Å²) in [5.74, 6) is 0.784. The van der Waals surface area contributed by atoms with Gasteiger partial charge in [-0.15, -0.1) is 0 Å². The molecule has 1 aliphatic heterocycles. The van der Waals surface area contributed by atoms with Gasteiger partial charge in [0.1, 0.15) is 0 Å². The Bertz CT molecular complexity index is 1000. The van der Waals surface area contributed by atoms with Crippen molar-refractivity contribution in [3.8, 4) is 5.75 Å². The monoisotopic (exact) mass is 483 g/mol. The molecule has 0 atom stereocenters. The minimum atomic E-state index is -2.23. The van der Waals surface area contributed by atoms with Gasteiger partial charge in [-0.25, -0.2) is 0 Å². The predicted molar refractivity (Wildman–Crippen MR) is 141 cm³/mol. The molecule has 1 aliphatic carbocycles. The number of nitrogens with one attached hydrogen (secondary N) is 1. The average molecular weight is 484 g/mol. The van der Waals surface area contributed by atoms with E-state index < -0.39 is 7.26 Å². The Morgan fingerprint density at radius 1 is 0.971 bits per heavy atom. The fraction of sp³-hybridized carbons (Fsp3) is 0.500. The van der Waals surface area contributed by atoms with Crippen molar-refractivity contribution in [2.75, 3.05) is 30.9 Å². The molecule has 1 saturated heterocycles. The number of carbonyl (C=O) groups is 2. The summed E-state index contributed by atoms with van der Waals surface area (Å²) in [4.78, 5) is 27.0. The Morgan fingerprint density at radius 2 is 1.59 bits per heavy atom. The molecule has 1 saturated carbocycles. The number of anilines is 1. The molecule has 0 radical (unpaired) electrons. The topological polar surface area (TPSA) is 64.6 Å². The fourth-order valence-corrected chi connectivity index (χ4v) is 12.0. The van der Waals surface area contributed by atoms with Crippen LogP contribution in [0.15, 0.2) is 42.5 Å². The molecule has 0 aromatic heterocycles. The first-order valence-corrected chi connectivity index (χ1v) is 15.2. The number of ether oxygens (including phenoxy) is 2. The van der Waals surface area contributed by atoms with Crippen molar-refractivity contribution in [3.05, 3.63) is 59.2 Å². The van der Waals surface area contributed by atoms with Gasteiger partial charge in [0.05, 0.1) is 0 Å². The third-order valence-corrected chi connectivity index (χ3v) is 14.3. The molecule has 0 spiro atoms. The van der Waals surface area contributed by atoms with Gasteiger partial charge in [-0.1, -0.05) is 0 Å². The molecule has 1 amide bonds. The van der Waals surface area contributed by atoms with Crippen molar-refractivity contribution < 1.29 is 19.1 Å². The van der Waals surface area contributed by atoms with Crippen LogP contribution in [0.2, 0.25) is 0 Å². The molecule has 2 fully saturated rings. The van der Waals surface area contributed by atoms with Crippen molar-refractivity contribution in [1.82, 2.24) is 0 Å². The van der Waals surface area contributed by atoms with E-state index in [0.29, 0.717) is 12.8 Å². The number of esters is 1. The van der Waals surface area contributed by atoms with Gasteiger partial charge in [-0.2, -0.15) is 0 Å². The SMILES string of the molecule is COc1cc(C)c(NC(=O)C2([PH]3(CC(=O)OCc4ccccc4)CCCCCC3)CC2)c(C)c1. The van der Waals surface area contributed by atoms with Crippen molar-refractivity contribution in [2.24, 2.45) is 0 Å². The normalized spacial score (nSPS) is 19.4. The molecule has 4 rings (SSSR count). The number of methoxy groups -OCH3 is 1. The van der Waals surface area contributed by atoms with Crippen molar-refractivity contribution in [1.29, 1.82) is 0 Å². The Labute approximate surface area is 204 Å². The summed E-state index contributed by atoms with van der Waals surface area (Å²) in [6, 6.07) is 13.7. The Morgan fingerprint density at radius 3 is 2.15 bits per heavy atom. The number of carbonyl (C=O) groups excluding carboxylic acids is 2. The van der Waals surface area contributed by atoms with Crippen molar-refractivity contribution in [2.45, 2.75) is 64.1 Å². The third-order valence-electron chi connectivity index (χ3n) is 7.97. The van der Waals surface area contributed by atoms with Crippen LogP contribution in [0.5, 0.6) is 5.75 Å². The summed E-state index contributed by atoms with van der Waals surface area (Å²) in [7, 11) is -0.575. The minimum absolute atomic E-state index is 0.119. The van der Waals surface area contributed by atoms with Gasteiger partial charge in [0, 0.05) is 0 Å². The van der Waals surface area contributed by atoms with E-state index in [0.717, 1.165) is 66.1 Å². The molecular weight excluding hydrogens is 445 g/mol. The summed E-state index contributed by atoms with van der Waals surface area (Å²) in [6.07, 6.45) is 8.96. The number of aryl methyl sites for hydroxylation is 2.